The maximum absolute atomic E-state index is 13.2. The summed E-state index contributed by atoms with van der Waals surface area (Å²) in [7, 11) is 1.37. The van der Waals surface area contributed by atoms with Crippen LogP contribution < -0.4 is 4.74 Å². The molecule has 0 bridgehead atoms. The van der Waals surface area contributed by atoms with Crippen LogP contribution in [0.15, 0.2) is 18.2 Å². The van der Waals surface area contributed by atoms with Gasteiger partial charge in [-0.1, -0.05) is 6.07 Å². The van der Waals surface area contributed by atoms with Crippen molar-refractivity contribution in [2.75, 3.05) is 7.11 Å². The molecule has 0 aliphatic rings. The van der Waals surface area contributed by atoms with Crippen LogP contribution in [0.1, 0.15) is 12.5 Å². The minimum Gasteiger partial charge on any atom is -0.494 e. The van der Waals surface area contributed by atoms with Crippen molar-refractivity contribution in [3.05, 3.63) is 29.6 Å². The number of Topliss-reactive ketones (excluding diaryl/α,β-unsaturated/α-hetero) is 1. The number of ether oxygens (including phenoxy) is 1. The van der Waals surface area contributed by atoms with Gasteiger partial charge in [0.05, 0.1) is 7.11 Å². The zero-order valence-electron chi connectivity index (χ0n) is 8.66. The van der Waals surface area contributed by atoms with Crippen molar-refractivity contribution in [1.29, 1.82) is 0 Å². The molecule has 1 atom stereocenters. The molecule has 0 aromatic heterocycles. The highest BCUT2D eigenvalue weighted by Gasteiger charge is 2.11. The van der Waals surface area contributed by atoms with Crippen molar-refractivity contribution < 1.29 is 19.0 Å². The SMILES string of the molecule is COc1ccc(CC(=O)C(C)O)cc1F. The Hall–Kier alpha value is -1.42. The second-order valence-electron chi connectivity index (χ2n) is 3.29. The lowest BCUT2D eigenvalue weighted by atomic mass is 10.1. The number of aliphatic hydroxyl groups is 1. The molecule has 1 aromatic carbocycles. The van der Waals surface area contributed by atoms with Crippen LogP contribution >= 0.6 is 0 Å². The van der Waals surface area contributed by atoms with E-state index in [0.29, 0.717) is 5.56 Å². The summed E-state index contributed by atoms with van der Waals surface area (Å²) in [6, 6.07) is 4.29. The molecule has 82 valence electrons. The molecule has 0 heterocycles. The number of benzene rings is 1. The van der Waals surface area contributed by atoms with E-state index in [-0.39, 0.29) is 18.0 Å². The van der Waals surface area contributed by atoms with Crippen molar-refractivity contribution >= 4 is 5.78 Å². The highest BCUT2D eigenvalue weighted by atomic mass is 19.1. The predicted molar refractivity (Wildman–Crippen MR) is 53.3 cm³/mol. The van der Waals surface area contributed by atoms with Gasteiger partial charge in [0.15, 0.2) is 17.3 Å². The van der Waals surface area contributed by atoms with Gasteiger partial charge in [-0.25, -0.2) is 4.39 Å². The lowest BCUT2D eigenvalue weighted by Crippen LogP contribution is -2.18. The second-order valence-corrected chi connectivity index (χ2v) is 3.29. The molecule has 0 amide bonds. The summed E-state index contributed by atoms with van der Waals surface area (Å²) in [6.45, 7) is 1.39. The lowest BCUT2D eigenvalue weighted by molar-refractivity contribution is -0.125. The van der Waals surface area contributed by atoms with Gasteiger partial charge in [-0.3, -0.25) is 4.79 Å². The fourth-order valence-corrected chi connectivity index (χ4v) is 1.17. The van der Waals surface area contributed by atoms with Crippen molar-refractivity contribution in [2.45, 2.75) is 19.4 Å². The fourth-order valence-electron chi connectivity index (χ4n) is 1.17. The molecule has 1 aromatic rings. The largest absolute Gasteiger partial charge is 0.494 e. The molecule has 1 rings (SSSR count). The number of carbonyl (C=O) groups excluding carboxylic acids is 1. The molecule has 0 saturated carbocycles. The van der Waals surface area contributed by atoms with E-state index >= 15 is 0 Å². The summed E-state index contributed by atoms with van der Waals surface area (Å²) < 4.78 is 17.9. The number of carbonyl (C=O) groups is 1. The normalized spacial score (nSPS) is 12.3. The molecule has 15 heavy (non-hydrogen) atoms. The molecule has 0 spiro atoms. The Labute approximate surface area is 87.5 Å². The van der Waals surface area contributed by atoms with E-state index in [9.17, 15) is 9.18 Å². The first-order valence-corrected chi connectivity index (χ1v) is 4.57. The van der Waals surface area contributed by atoms with Crippen LogP contribution in [0, 0.1) is 5.82 Å². The molecule has 4 heteroatoms. The van der Waals surface area contributed by atoms with Gasteiger partial charge in [0.25, 0.3) is 0 Å². The van der Waals surface area contributed by atoms with Crippen LogP contribution in [-0.2, 0) is 11.2 Å². The predicted octanol–water partition coefficient (Wildman–Crippen LogP) is 1.33. The van der Waals surface area contributed by atoms with Crippen LogP contribution in [0.25, 0.3) is 0 Å². The van der Waals surface area contributed by atoms with Gasteiger partial charge in [-0.2, -0.15) is 0 Å². The third-order valence-corrected chi connectivity index (χ3v) is 2.06. The van der Waals surface area contributed by atoms with Gasteiger partial charge in [-0.15, -0.1) is 0 Å². The number of hydrogen-bond acceptors (Lipinski definition) is 3. The average molecular weight is 212 g/mol. The fraction of sp³-hybridized carbons (Fsp3) is 0.364. The molecule has 0 aliphatic heterocycles. The first-order valence-electron chi connectivity index (χ1n) is 4.57. The quantitative estimate of drug-likeness (QED) is 0.818. The van der Waals surface area contributed by atoms with E-state index in [1.807, 2.05) is 0 Å². The number of methoxy groups -OCH3 is 1. The zero-order chi connectivity index (χ0) is 11.4. The Morgan fingerprint density at radius 3 is 2.73 bits per heavy atom. The lowest BCUT2D eigenvalue weighted by Gasteiger charge is -2.06. The summed E-state index contributed by atoms with van der Waals surface area (Å²) in [6.07, 6.45) is -0.992. The van der Waals surface area contributed by atoms with Gasteiger partial charge in [0, 0.05) is 6.42 Å². The van der Waals surface area contributed by atoms with Crippen LogP contribution in [0.2, 0.25) is 0 Å². The summed E-state index contributed by atoms with van der Waals surface area (Å²) in [5.74, 6) is -0.698. The average Bonchev–Trinajstić information content (AvgIpc) is 2.18. The highest BCUT2D eigenvalue weighted by Crippen LogP contribution is 2.18. The molecule has 0 saturated heterocycles. The number of halogens is 1. The Bertz CT molecular complexity index is 361. The summed E-state index contributed by atoms with van der Waals surface area (Å²) in [5, 5.41) is 8.98. The van der Waals surface area contributed by atoms with Crippen LogP contribution in [0.5, 0.6) is 5.75 Å². The Kier molecular flexibility index (Phi) is 3.80. The Balaban J connectivity index is 2.80. The molecule has 1 N–H and O–H groups in total. The summed E-state index contributed by atoms with van der Waals surface area (Å²) >= 11 is 0. The molecular weight excluding hydrogens is 199 g/mol. The van der Waals surface area contributed by atoms with Crippen LogP contribution in [0.4, 0.5) is 4.39 Å². The van der Waals surface area contributed by atoms with Crippen LogP contribution in [-0.4, -0.2) is 24.1 Å². The van der Waals surface area contributed by atoms with Gasteiger partial charge in [0.1, 0.15) is 6.10 Å². The Morgan fingerprint density at radius 1 is 1.60 bits per heavy atom. The molecule has 0 fully saturated rings. The first-order chi connectivity index (χ1) is 7.04. The number of aliphatic hydroxyl groups excluding tert-OH is 1. The van der Waals surface area contributed by atoms with Crippen molar-refractivity contribution in [2.24, 2.45) is 0 Å². The summed E-state index contributed by atoms with van der Waals surface area (Å²) in [4.78, 5) is 11.2. The van der Waals surface area contributed by atoms with E-state index in [1.54, 1.807) is 6.07 Å². The number of rotatable bonds is 4. The minimum atomic E-state index is -1.02. The maximum atomic E-state index is 13.2. The third kappa shape index (κ3) is 3.02. The monoisotopic (exact) mass is 212 g/mol. The molecule has 1 unspecified atom stereocenters. The van der Waals surface area contributed by atoms with Crippen molar-refractivity contribution in [1.82, 2.24) is 0 Å². The molecule has 0 aliphatic carbocycles. The number of ketones is 1. The third-order valence-electron chi connectivity index (χ3n) is 2.06. The van der Waals surface area contributed by atoms with Gasteiger partial charge in [0.2, 0.25) is 0 Å². The Morgan fingerprint density at radius 2 is 2.27 bits per heavy atom. The van der Waals surface area contributed by atoms with Crippen molar-refractivity contribution in [3.63, 3.8) is 0 Å². The number of hydrogen-bond donors (Lipinski definition) is 1. The van der Waals surface area contributed by atoms with E-state index in [2.05, 4.69) is 0 Å². The minimum absolute atomic E-state index is 0.0264. The highest BCUT2D eigenvalue weighted by molar-refractivity contribution is 5.84. The van der Waals surface area contributed by atoms with Crippen molar-refractivity contribution in [3.8, 4) is 5.75 Å². The van der Waals surface area contributed by atoms with E-state index in [1.165, 1.54) is 26.2 Å². The van der Waals surface area contributed by atoms with E-state index < -0.39 is 11.9 Å². The van der Waals surface area contributed by atoms with Gasteiger partial charge < -0.3 is 9.84 Å². The standard InChI is InChI=1S/C11H13FO3/c1-7(13)10(14)6-8-3-4-11(15-2)9(12)5-8/h3-5,7,13H,6H2,1-2H3. The first kappa shape index (κ1) is 11.7. The van der Waals surface area contributed by atoms with Crippen LogP contribution in [0.3, 0.4) is 0 Å². The molecular formula is C11H13FO3. The van der Waals surface area contributed by atoms with Gasteiger partial charge >= 0.3 is 0 Å². The topological polar surface area (TPSA) is 46.5 Å². The smallest absolute Gasteiger partial charge is 0.165 e. The van der Waals surface area contributed by atoms with E-state index in [4.69, 9.17) is 9.84 Å². The zero-order valence-corrected chi connectivity index (χ0v) is 8.66. The second kappa shape index (κ2) is 4.89. The van der Waals surface area contributed by atoms with Gasteiger partial charge in [-0.05, 0) is 24.6 Å². The summed E-state index contributed by atoms with van der Waals surface area (Å²) in [5.41, 5.74) is 0.527. The van der Waals surface area contributed by atoms with E-state index in [0.717, 1.165) is 0 Å². The molecule has 0 radical (unpaired) electrons. The maximum Gasteiger partial charge on any atom is 0.165 e. The molecule has 3 nitrogen and oxygen atoms in total.